The summed E-state index contributed by atoms with van der Waals surface area (Å²) >= 11 is 0. The minimum Gasteiger partial charge on any atom is -0.339 e. The molecule has 4 heteroatoms. The zero-order valence-corrected chi connectivity index (χ0v) is 10.2. The van der Waals surface area contributed by atoms with Crippen molar-refractivity contribution in [3.05, 3.63) is 30.1 Å². The van der Waals surface area contributed by atoms with Gasteiger partial charge in [0.25, 0.3) is 0 Å². The van der Waals surface area contributed by atoms with E-state index in [1.807, 2.05) is 23.1 Å². The van der Waals surface area contributed by atoms with Crippen molar-refractivity contribution in [1.82, 2.24) is 9.88 Å². The lowest BCUT2D eigenvalue weighted by Gasteiger charge is -2.21. The molecular weight excluding hydrogens is 214 g/mol. The maximum absolute atomic E-state index is 12.1. The Morgan fingerprint density at radius 3 is 3.00 bits per heavy atom. The molecule has 1 fully saturated rings. The van der Waals surface area contributed by atoms with Crippen LogP contribution < -0.4 is 5.73 Å². The van der Waals surface area contributed by atoms with Crippen molar-refractivity contribution in [3.8, 4) is 0 Å². The third-order valence-electron chi connectivity index (χ3n) is 3.37. The van der Waals surface area contributed by atoms with Crippen LogP contribution in [0.3, 0.4) is 0 Å². The van der Waals surface area contributed by atoms with E-state index >= 15 is 0 Å². The predicted molar refractivity (Wildman–Crippen MR) is 66.3 cm³/mol. The average molecular weight is 233 g/mol. The molecule has 0 spiro atoms. The van der Waals surface area contributed by atoms with E-state index in [1.165, 1.54) is 0 Å². The number of rotatable bonds is 3. The Balaban J connectivity index is 1.97. The summed E-state index contributed by atoms with van der Waals surface area (Å²) in [6, 6.07) is 5.96. The smallest absolute Gasteiger partial charge is 0.228 e. The predicted octanol–water partition coefficient (Wildman–Crippen LogP) is 0.820. The van der Waals surface area contributed by atoms with Gasteiger partial charge >= 0.3 is 0 Å². The standard InChI is InChI=1S/C13H19N3O/c1-10-6-11(8-14)9-16(10)13(17)7-12-4-2-3-5-15-12/h2-5,10-11H,6-9,14H2,1H3. The van der Waals surface area contributed by atoms with Crippen LogP contribution in [-0.4, -0.2) is 34.9 Å². The zero-order chi connectivity index (χ0) is 12.3. The van der Waals surface area contributed by atoms with Crippen molar-refractivity contribution in [2.75, 3.05) is 13.1 Å². The molecule has 1 aromatic heterocycles. The molecule has 1 saturated heterocycles. The molecule has 2 unspecified atom stereocenters. The second kappa shape index (κ2) is 5.27. The molecule has 92 valence electrons. The van der Waals surface area contributed by atoms with E-state index in [2.05, 4.69) is 11.9 Å². The van der Waals surface area contributed by atoms with Crippen molar-refractivity contribution in [1.29, 1.82) is 0 Å². The first-order valence-electron chi connectivity index (χ1n) is 6.10. The van der Waals surface area contributed by atoms with E-state index < -0.39 is 0 Å². The number of nitrogens with zero attached hydrogens (tertiary/aromatic N) is 2. The average Bonchev–Trinajstić information content (AvgIpc) is 2.72. The lowest BCUT2D eigenvalue weighted by molar-refractivity contribution is -0.131. The Hall–Kier alpha value is -1.42. The van der Waals surface area contributed by atoms with Crippen molar-refractivity contribution in [3.63, 3.8) is 0 Å². The monoisotopic (exact) mass is 233 g/mol. The van der Waals surface area contributed by atoms with Gasteiger partial charge in [0.1, 0.15) is 0 Å². The van der Waals surface area contributed by atoms with Crippen LogP contribution in [0.5, 0.6) is 0 Å². The van der Waals surface area contributed by atoms with Gasteiger partial charge in [-0.2, -0.15) is 0 Å². The van der Waals surface area contributed by atoms with Gasteiger partial charge in [-0.3, -0.25) is 9.78 Å². The van der Waals surface area contributed by atoms with Crippen LogP contribution in [0.15, 0.2) is 24.4 Å². The Morgan fingerprint density at radius 2 is 2.41 bits per heavy atom. The van der Waals surface area contributed by atoms with Gasteiger partial charge in [0.05, 0.1) is 6.42 Å². The first-order valence-corrected chi connectivity index (χ1v) is 6.10. The van der Waals surface area contributed by atoms with Crippen LogP contribution >= 0.6 is 0 Å². The van der Waals surface area contributed by atoms with Gasteiger partial charge in [0.15, 0.2) is 0 Å². The fourth-order valence-corrected chi connectivity index (χ4v) is 2.42. The molecule has 0 aromatic carbocycles. The van der Waals surface area contributed by atoms with Crippen molar-refractivity contribution in [2.45, 2.75) is 25.8 Å². The van der Waals surface area contributed by atoms with E-state index in [0.29, 0.717) is 24.9 Å². The summed E-state index contributed by atoms with van der Waals surface area (Å²) in [5.41, 5.74) is 6.49. The fourth-order valence-electron chi connectivity index (χ4n) is 2.42. The summed E-state index contributed by atoms with van der Waals surface area (Å²) in [6.45, 7) is 3.55. The zero-order valence-electron chi connectivity index (χ0n) is 10.2. The van der Waals surface area contributed by atoms with E-state index in [0.717, 1.165) is 18.7 Å². The van der Waals surface area contributed by atoms with Crippen LogP contribution in [0.25, 0.3) is 0 Å². The van der Waals surface area contributed by atoms with Gasteiger partial charge in [0.2, 0.25) is 5.91 Å². The lowest BCUT2D eigenvalue weighted by Crippen LogP contribution is -2.35. The first-order chi connectivity index (χ1) is 8.20. The highest BCUT2D eigenvalue weighted by Crippen LogP contribution is 2.22. The molecule has 2 N–H and O–H groups in total. The van der Waals surface area contributed by atoms with Gasteiger partial charge < -0.3 is 10.6 Å². The maximum Gasteiger partial charge on any atom is 0.228 e. The summed E-state index contributed by atoms with van der Waals surface area (Å²) in [4.78, 5) is 18.3. The largest absolute Gasteiger partial charge is 0.339 e. The quantitative estimate of drug-likeness (QED) is 0.841. The molecule has 1 aliphatic heterocycles. The van der Waals surface area contributed by atoms with Gasteiger partial charge in [0, 0.05) is 24.5 Å². The molecule has 1 aliphatic rings. The highest BCUT2D eigenvalue weighted by atomic mass is 16.2. The molecule has 2 atom stereocenters. The van der Waals surface area contributed by atoms with E-state index in [9.17, 15) is 4.79 Å². The second-order valence-corrected chi connectivity index (χ2v) is 4.73. The number of hydrogen-bond acceptors (Lipinski definition) is 3. The van der Waals surface area contributed by atoms with Crippen molar-refractivity contribution < 1.29 is 4.79 Å². The Bertz CT molecular complexity index is 380. The first kappa shape index (κ1) is 12.0. The van der Waals surface area contributed by atoms with E-state index in [4.69, 9.17) is 5.73 Å². The van der Waals surface area contributed by atoms with E-state index in [-0.39, 0.29) is 5.91 Å². The highest BCUT2D eigenvalue weighted by Gasteiger charge is 2.31. The number of carbonyl (C=O) groups excluding carboxylic acids is 1. The number of likely N-dealkylation sites (tertiary alicyclic amines) is 1. The number of aromatic nitrogens is 1. The SMILES string of the molecule is CC1CC(CN)CN1C(=O)Cc1ccccn1. The van der Waals surface area contributed by atoms with Crippen LogP contribution in [-0.2, 0) is 11.2 Å². The number of carbonyl (C=O) groups is 1. The molecule has 0 bridgehead atoms. The highest BCUT2D eigenvalue weighted by molar-refractivity contribution is 5.78. The van der Waals surface area contributed by atoms with Crippen molar-refractivity contribution in [2.24, 2.45) is 11.7 Å². The molecule has 2 rings (SSSR count). The summed E-state index contributed by atoms with van der Waals surface area (Å²) in [5.74, 6) is 0.616. The van der Waals surface area contributed by atoms with Crippen molar-refractivity contribution >= 4 is 5.91 Å². The Morgan fingerprint density at radius 1 is 1.59 bits per heavy atom. The van der Waals surface area contributed by atoms with Crippen LogP contribution in [0.4, 0.5) is 0 Å². The van der Waals surface area contributed by atoms with Gasteiger partial charge in [-0.05, 0) is 37.9 Å². The van der Waals surface area contributed by atoms with Crippen LogP contribution in [0.2, 0.25) is 0 Å². The topological polar surface area (TPSA) is 59.2 Å². The Labute approximate surface area is 102 Å². The summed E-state index contributed by atoms with van der Waals surface area (Å²) < 4.78 is 0. The molecule has 17 heavy (non-hydrogen) atoms. The third kappa shape index (κ3) is 2.82. The second-order valence-electron chi connectivity index (χ2n) is 4.73. The van der Waals surface area contributed by atoms with E-state index in [1.54, 1.807) is 6.20 Å². The molecule has 1 aromatic rings. The summed E-state index contributed by atoms with van der Waals surface area (Å²) in [5, 5.41) is 0. The Kier molecular flexibility index (Phi) is 3.74. The minimum atomic E-state index is 0.159. The van der Waals surface area contributed by atoms with Gasteiger partial charge in [-0.15, -0.1) is 0 Å². The fraction of sp³-hybridized carbons (Fsp3) is 0.538. The van der Waals surface area contributed by atoms with Crippen LogP contribution in [0, 0.1) is 5.92 Å². The molecule has 0 aliphatic carbocycles. The normalized spacial score (nSPS) is 24.0. The number of nitrogens with two attached hydrogens (primary N) is 1. The van der Waals surface area contributed by atoms with Gasteiger partial charge in [-0.1, -0.05) is 6.07 Å². The summed E-state index contributed by atoms with van der Waals surface area (Å²) in [6.07, 6.45) is 3.13. The summed E-state index contributed by atoms with van der Waals surface area (Å²) in [7, 11) is 0. The van der Waals surface area contributed by atoms with Crippen LogP contribution in [0.1, 0.15) is 19.0 Å². The molecule has 4 nitrogen and oxygen atoms in total. The number of pyridine rings is 1. The molecular formula is C13H19N3O. The van der Waals surface area contributed by atoms with Gasteiger partial charge in [-0.25, -0.2) is 0 Å². The third-order valence-corrected chi connectivity index (χ3v) is 3.37. The maximum atomic E-state index is 12.1. The molecule has 0 saturated carbocycles. The minimum absolute atomic E-state index is 0.159. The molecule has 1 amide bonds. The number of amides is 1. The number of hydrogen-bond donors (Lipinski definition) is 1. The lowest BCUT2D eigenvalue weighted by atomic mass is 10.1. The molecule has 0 radical (unpaired) electrons. The molecule has 2 heterocycles.